The predicted octanol–water partition coefficient (Wildman–Crippen LogP) is 6.17. The van der Waals surface area contributed by atoms with Crippen LogP contribution in [0.3, 0.4) is 0 Å². The van der Waals surface area contributed by atoms with Crippen LogP contribution < -0.4 is 64.4 Å². The van der Waals surface area contributed by atoms with Crippen LogP contribution in [0.2, 0.25) is 0 Å². The predicted molar refractivity (Wildman–Crippen MR) is 308 cm³/mol. The van der Waals surface area contributed by atoms with Gasteiger partial charge in [-0.1, -0.05) is 11.3 Å². The molecule has 10 rings (SSSR count). The Morgan fingerprint density at radius 2 is 1.26 bits per heavy atom. The zero-order valence-corrected chi connectivity index (χ0v) is 45.7. The van der Waals surface area contributed by atoms with Gasteiger partial charge in [-0.25, -0.2) is 34.7 Å². The minimum Gasteiger partial charge on any atom is -0.387 e. The summed E-state index contributed by atoms with van der Waals surface area (Å²) in [6.07, 6.45) is 20.5. The van der Waals surface area contributed by atoms with Gasteiger partial charge in [0.25, 0.3) is 5.56 Å². The maximum Gasteiger partial charge on any atom is 0.346 e. The van der Waals surface area contributed by atoms with Crippen molar-refractivity contribution < 1.29 is 0 Å². The van der Waals surface area contributed by atoms with Crippen molar-refractivity contribution in [2.45, 2.75) is 0 Å². The number of nitrogens with one attached hydrogen (secondary N) is 16. The van der Waals surface area contributed by atoms with Gasteiger partial charge in [-0.2, -0.15) is 4.37 Å². The lowest BCUT2D eigenvalue weighted by Crippen LogP contribution is -2.10. The highest BCUT2D eigenvalue weighted by Gasteiger charge is 1.89. The number of nitrogens with zero attached hydrogens (tertiary/aromatic N) is 10. The fourth-order valence-electron chi connectivity index (χ4n) is 4.02. The van der Waals surface area contributed by atoms with Gasteiger partial charge in [0, 0.05) is 143 Å². The molecule has 0 aliphatic rings. The molecule has 0 spiro atoms. The van der Waals surface area contributed by atoms with Gasteiger partial charge < -0.3 is 73.1 Å². The van der Waals surface area contributed by atoms with Crippen LogP contribution in [0.25, 0.3) is 0 Å². The highest BCUT2D eigenvalue weighted by Crippen LogP contribution is 2.10. The summed E-state index contributed by atoms with van der Waals surface area (Å²) < 4.78 is 3.76. The molecule has 0 bridgehead atoms. The van der Waals surface area contributed by atoms with Gasteiger partial charge in [0.1, 0.15) is 34.3 Å². The molecular weight excluding hydrogens is 1030 g/mol. The number of anilines is 10. The smallest absolute Gasteiger partial charge is 0.346 e. The Hall–Kier alpha value is -8.88. The largest absolute Gasteiger partial charge is 0.387 e. The molecule has 0 saturated carbocycles. The summed E-state index contributed by atoms with van der Waals surface area (Å²) in [5.41, 5.74) is 4.13. The van der Waals surface area contributed by atoms with Crippen LogP contribution in [-0.4, -0.2) is 150 Å². The molecule has 32 heteroatoms. The van der Waals surface area contributed by atoms with Crippen LogP contribution in [0.5, 0.6) is 0 Å². The topological polar surface area (TPSA) is 378 Å². The first-order valence-corrected chi connectivity index (χ1v) is 25.0. The Kier molecular flexibility index (Phi) is 36.6. The van der Waals surface area contributed by atoms with Gasteiger partial charge in [-0.3, -0.25) is 19.7 Å². The Balaban J connectivity index is 0.000000412. The van der Waals surface area contributed by atoms with Crippen LogP contribution in [0.1, 0.15) is 0 Å². The van der Waals surface area contributed by atoms with Crippen molar-refractivity contribution >= 4 is 101 Å². The maximum atomic E-state index is 10.5. The Morgan fingerprint density at radius 3 is 1.58 bits per heavy atom. The first kappa shape index (κ1) is 63.1. The number of H-pyrrole nitrogens is 6. The molecule has 10 heterocycles. The lowest BCUT2D eigenvalue weighted by Gasteiger charge is -1.94. The molecule has 28 nitrogen and oxygen atoms in total. The molecule has 0 fully saturated rings. The van der Waals surface area contributed by atoms with Crippen molar-refractivity contribution in [1.29, 1.82) is 0 Å². The second-order valence-electron chi connectivity index (χ2n) is 12.4. The highest BCUT2D eigenvalue weighted by molar-refractivity contribution is 7.14. The summed E-state index contributed by atoms with van der Waals surface area (Å²) in [7, 11) is 18.2. The Bertz CT molecular complexity index is 2270. The van der Waals surface area contributed by atoms with Gasteiger partial charge in [0.2, 0.25) is 16.2 Å². The zero-order valence-electron chi connectivity index (χ0n) is 42.5. The average molecular weight is 1100 g/mol. The molecule has 74 heavy (non-hydrogen) atoms. The summed E-state index contributed by atoms with van der Waals surface area (Å²) in [6, 6.07) is 8.94. The number of hydrogen-bond donors (Lipinski definition) is 16. The van der Waals surface area contributed by atoms with E-state index in [0.29, 0.717) is 11.8 Å². The van der Waals surface area contributed by atoms with E-state index in [4.69, 9.17) is 0 Å². The van der Waals surface area contributed by atoms with Crippen LogP contribution >= 0.6 is 45.5 Å². The molecule has 16 N–H and O–H groups in total. The lowest BCUT2D eigenvalue weighted by molar-refractivity contribution is 1.07. The van der Waals surface area contributed by atoms with E-state index < -0.39 is 0 Å². The van der Waals surface area contributed by atoms with Crippen LogP contribution in [0.4, 0.5) is 55.4 Å². The van der Waals surface area contributed by atoms with Crippen molar-refractivity contribution in [2.75, 3.05) is 124 Å². The van der Waals surface area contributed by atoms with Crippen molar-refractivity contribution in [2.24, 2.45) is 0 Å². The molecule has 400 valence electrons. The summed E-state index contributed by atoms with van der Waals surface area (Å²) >= 11 is 6.04. The number of rotatable bonds is 10. The van der Waals surface area contributed by atoms with Gasteiger partial charge in [0.05, 0.1) is 29.9 Å². The average Bonchev–Trinajstić information content (AvgIpc) is 4.31. The van der Waals surface area contributed by atoms with Crippen molar-refractivity contribution in [3.05, 3.63) is 142 Å². The lowest BCUT2D eigenvalue weighted by atomic mass is 10.5. The van der Waals surface area contributed by atoms with Gasteiger partial charge in [-0.05, 0) is 24.3 Å². The zero-order chi connectivity index (χ0) is 54.3. The van der Waals surface area contributed by atoms with Gasteiger partial charge in [0.15, 0.2) is 11.1 Å². The Morgan fingerprint density at radius 1 is 0.514 bits per heavy atom. The molecule has 10 aromatic heterocycles. The van der Waals surface area contributed by atoms with Gasteiger partial charge in [-0.15, -0.1) is 32.9 Å². The third kappa shape index (κ3) is 32.1. The first-order valence-electron chi connectivity index (χ1n) is 21.5. The summed E-state index contributed by atoms with van der Waals surface area (Å²) in [6.45, 7) is 0. The second kappa shape index (κ2) is 43.0. The molecule has 0 radical (unpaired) electrons. The molecule has 10 aromatic rings. The molecule has 0 aliphatic carbocycles. The third-order valence-corrected chi connectivity index (χ3v) is 10.6. The normalized spacial score (nSPS) is 8.78. The quantitative estimate of drug-likeness (QED) is 0.0728. The van der Waals surface area contributed by atoms with E-state index in [-0.39, 0.29) is 11.2 Å². The second-order valence-corrected chi connectivity index (χ2v) is 15.7. The monoisotopic (exact) mass is 1090 g/mol. The van der Waals surface area contributed by atoms with E-state index in [9.17, 15) is 9.59 Å². The fourth-order valence-corrected chi connectivity index (χ4v) is 5.77. The molecular formula is C42H66N26O2S4. The van der Waals surface area contributed by atoms with Crippen LogP contribution in [0.15, 0.2) is 131 Å². The minimum atomic E-state index is -0.332. The number of aromatic amines is 6. The summed E-state index contributed by atoms with van der Waals surface area (Å²) in [5, 5.41) is 41.7. The van der Waals surface area contributed by atoms with E-state index in [0.717, 1.165) is 43.7 Å². The van der Waals surface area contributed by atoms with E-state index in [2.05, 4.69) is 133 Å². The minimum absolute atomic E-state index is 0.144. The van der Waals surface area contributed by atoms with Crippen LogP contribution in [-0.2, 0) is 0 Å². The number of imidazole rings is 2. The maximum absolute atomic E-state index is 10.5. The molecule has 0 amide bonds. The van der Waals surface area contributed by atoms with Crippen molar-refractivity contribution in [3.63, 3.8) is 0 Å². The van der Waals surface area contributed by atoms with Crippen LogP contribution in [0, 0.1) is 0 Å². The molecule has 0 aliphatic heterocycles. The standard InChI is InChI=1S/2C5H7N3O.2C5H8N2.2C4H7N3.2C4H6N2S.2C3H5N3S/c1-6-5-7-3-2-4(9)8-5;1-6-4-2-3-7-5(9)8-4;1-6-5-2-3-7-4-5;1-6-5-3-2-4-7-5;1-5-4-2-6-3-7-4;1-5-4-6-2-3-7-4;1-5-4-2-6-3-7-4;1-5-4-6-2-3-7-4;1-4-3-6-5-2-7-3;1-4-3-5-2-6-7-3/h2*2-3H,1H3,(H2,6,7,8,9);2*2-4,6-7H,1H3;2-3,5H,1H3,(H,6,7);2-3H,1H3,(H2,5,6,7);2-3,5H,1H3;2-3H,1H3,(H,5,6);2H,1H3,(H,4,6);2H,1H3,(H,4,5,6). The number of thiazole rings is 2. The molecule has 0 saturated heterocycles. The SMILES string of the molecule is CNc1cc[nH]c1.CNc1ccc[nH]1.CNc1ccnc(=O)[nH]1.CNc1cnc[nH]1.CNc1cncs1.CNc1ncc[nH]1.CNc1nccc(=O)[nH]1.CNc1nccs1.CNc1ncns1.CNc1nncs1. The number of hydrogen-bond acceptors (Lipinski definition) is 26. The summed E-state index contributed by atoms with van der Waals surface area (Å²) in [5.74, 6) is 3.97. The third-order valence-electron chi connectivity index (χ3n) is 7.58. The van der Waals surface area contributed by atoms with E-state index in [1.165, 1.54) is 47.7 Å². The van der Waals surface area contributed by atoms with Crippen molar-refractivity contribution in [3.8, 4) is 0 Å². The van der Waals surface area contributed by atoms with Gasteiger partial charge >= 0.3 is 5.69 Å². The summed E-state index contributed by atoms with van der Waals surface area (Å²) in [4.78, 5) is 64.0. The van der Waals surface area contributed by atoms with Crippen molar-refractivity contribution in [1.82, 2.24) is 79.4 Å². The Labute approximate surface area is 444 Å². The number of aromatic nitrogens is 16. The van der Waals surface area contributed by atoms with E-state index in [1.54, 1.807) is 91.2 Å². The van der Waals surface area contributed by atoms with E-state index in [1.807, 2.05) is 98.6 Å². The van der Waals surface area contributed by atoms with E-state index >= 15 is 0 Å². The molecule has 0 aromatic carbocycles. The fraction of sp³-hybridized carbons (Fsp3) is 0.238. The highest BCUT2D eigenvalue weighted by atomic mass is 32.1. The molecule has 0 unspecified atom stereocenters. The molecule has 0 atom stereocenters. The first-order chi connectivity index (χ1) is 36.1.